The van der Waals surface area contributed by atoms with Crippen LogP contribution in [0, 0.1) is 0 Å². The summed E-state index contributed by atoms with van der Waals surface area (Å²) >= 11 is 0. The van der Waals surface area contributed by atoms with Crippen molar-refractivity contribution in [3.63, 3.8) is 0 Å². The van der Waals surface area contributed by atoms with Crippen molar-refractivity contribution < 1.29 is 4.74 Å². The van der Waals surface area contributed by atoms with Crippen molar-refractivity contribution in [2.75, 3.05) is 18.9 Å². The monoisotopic (exact) mass is 228 g/mol. The van der Waals surface area contributed by atoms with E-state index in [1.807, 2.05) is 24.3 Å². The highest BCUT2D eigenvalue weighted by Crippen LogP contribution is 2.24. The number of nitrogens with one attached hydrogen (secondary N) is 1. The molecule has 2 heterocycles. The van der Waals surface area contributed by atoms with Crippen LogP contribution >= 0.6 is 0 Å². The first-order valence-electron chi connectivity index (χ1n) is 5.41. The maximum Gasteiger partial charge on any atom is 0.216 e. The van der Waals surface area contributed by atoms with Crippen molar-refractivity contribution in [3.05, 3.63) is 36.0 Å². The molecule has 1 aliphatic rings. The normalized spacial score (nSPS) is 14.5. The second kappa shape index (κ2) is 3.93. The van der Waals surface area contributed by atoms with Crippen LogP contribution in [0.4, 0.5) is 5.82 Å². The van der Waals surface area contributed by atoms with Crippen LogP contribution in [0.25, 0.3) is 11.1 Å². The molecule has 3 rings (SSSR count). The molecule has 5 nitrogen and oxygen atoms in total. The lowest BCUT2D eigenvalue weighted by Gasteiger charge is -2.04. The lowest BCUT2D eigenvalue weighted by atomic mass is 10.1. The largest absolute Gasteiger partial charge is 0.476 e. The fraction of sp³-hybridized carbons (Fsp3) is 0.167. The van der Waals surface area contributed by atoms with Gasteiger partial charge >= 0.3 is 0 Å². The Kier molecular flexibility index (Phi) is 2.29. The van der Waals surface area contributed by atoms with E-state index in [4.69, 9.17) is 10.5 Å². The maximum absolute atomic E-state index is 5.80. The average Bonchev–Trinajstić information content (AvgIpc) is 2.99. The van der Waals surface area contributed by atoms with Crippen molar-refractivity contribution >= 4 is 11.7 Å². The van der Waals surface area contributed by atoms with Gasteiger partial charge in [0, 0.05) is 11.1 Å². The van der Waals surface area contributed by atoms with Gasteiger partial charge in [0.2, 0.25) is 5.90 Å². The molecule has 0 radical (unpaired) electrons. The number of anilines is 1. The number of benzene rings is 1. The number of nitrogens with zero attached hydrogens (tertiary/aromatic N) is 2. The standard InChI is InChI=1S/C12H12N4O/c13-11-10(7-15-16-11)8-2-1-3-9(6-8)12-14-4-5-17-12/h1-3,6-7H,4-5H2,(H3,13,15,16). The Morgan fingerprint density at radius 3 is 2.88 bits per heavy atom. The van der Waals surface area contributed by atoms with Crippen LogP contribution in [-0.4, -0.2) is 29.2 Å². The van der Waals surface area contributed by atoms with Crippen molar-refractivity contribution in [2.24, 2.45) is 4.99 Å². The molecule has 2 aromatic rings. The smallest absolute Gasteiger partial charge is 0.216 e. The molecule has 1 aromatic carbocycles. The molecular formula is C12H12N4O. The van der Waals surface area contributed by atoms with E-state index in [0.29, 0.717) is 18.3 Å². The third kappa shape index (κ3) is 1.75. The molecule has 86 valence electrons. The zero-order chi connectivity index (χ0) is 11.7. The number of nitrogen functional groups attached to an aromatic ring is 1. The summed E-state index contributed by atoms with van der Waals surface area (Å²) in [4.78, 5) is 4.29. The topological polar surface area (TPSA) is 76.3 Å². The summed E-state index contributed by atoms with van der Waals surface area (Å²) in [5, 5.41) is 6.64. The third-order valence-electron chi connectivity index (χ3n) is 2.67. The number of nitrogens with two attached hydrogens (primary N) is 1. The Hall–Kier alpha value is -2.30. The predicted molar refractivity (Wildman–Crippen MR) is 65.8 cm³/mol. The second-order valence-corrected chi connectivity index (χ2v) is 3.81. The molecule has 1 aliphatic heterocycles. The predicted octanol–water partition coefficient (Wildman–Crippen LogP) is 1.44. The average molecular weight is 228 g/mol. The minimum Gasteiger partial charge on any atom is -0.476 e. The number of aromatic nitrogens is 2. The minimum atomic E-state index is 0.566. The van der Waals surface area contributed by atoms with Gasteiger partial charge < -0.3 is 10.5 Å². The molecule has 0 amide bonds. The lowest BCUT2D eigenvalue weighted by Crippen LogP contribution is -2.01. The summed E-state index contributed by atoms with van der Waals surface area (Å²) in [5.74, 6) is 1.27. The summed E-state index contributed by atoms with van der Waals surface area (Å²) < 4.78 is 5.44. The zero-order valence-corrected chi connectivity index (χ0v) is 9.18. The van der Waals surface area contributed by atoms with Gasteiger partial charge in [0.05, 0.1) is 12.7 Å². The van der Waals surface area contributed by atoms with Crippen LogP contribution < -0.4 is 5.73 Å². The highest BCUT2D eigenvalue weighted by atomic mass is 16.5. The molecule has 0 saturated carbocycles. The van der Waals surface area contributed by atoms with Crippen LogP contribution in [0.15, 0.2) is 35.5 Å². The summed E-state index contributed by atoms with van der Waals surface area (Å²) in [6.45, 7) is 1.39. The molecule has 3 N–H and O–H groups in total. The van der Waals surface area contributed by atoms with Gasteiger partial charge in [0.1, 0.15) is 12.4 Å². The third-order valence-corrected chi connectivity index (χ3v) is 2.67. The van der Waals surface area contributed by atoms with E-state index in [1.54, 1.807) is 6.20 Å². The highest BCUT2D eigenvalue weighted by Gasteiger charge is 2.12. The van der Waals surface area contributed by atoms with E-state index in [1.165, 1.54) is 0 Å². The van der Waals surface area contributed by atoms with Gasteiger partial charge in [-0.3, -0.25) is 5.10 Å². The Bertz CT molecular complexity index is 573. The Morgan fingerprint density at radius 2 is 2.18 bits per heavy atom. The van der Waals surface area contributed by atoms with E-state index in [2.05, 4.69) is 15.2 Å². The molecule has 17 heavy (non-hydrogen) atoms. The number of ether oxygens (including phenoxy) is 1. The van der Waals surface area contributed by atoms with Gasteiger partial charge in [-0.2, -0.15) is 5.10 Å². The van der Waals surface area contributed by atoms with E-state index in [0.717, 1.165) is 23.2 Å². The number of aromatic amines is 1. The van der Waals surface area contributed by atoms with E-state index < -0.39 is 0 Å². The highest BCUT2D eigenvalue weighted by molar-refractivity contribution is 5.96. The first-order valence-corrected chi connectivity index (χ1v) is 5.41. The molecule has 0 aliphatic carbocycles. The van der Waals surface area contributed by atoms with Crippen LogP contribution in [0.3, 0.4) is 0 Å². The van der Waals surface area contributed by atoms with Crippen LogP contribution in [-0.2, 0) is 4.74 Å². The van der Waals surface area contributed by atoms with Gasteiger partial charge in [-0.15, -0.1) is 0 Å². The molecular weight excluding hydrogens is 216 g/mol. The minimum absolute atomic E-state index is 0.566. The Balaban J connectivity index is 2.02. The van der Waals surface area contributed by atoms with E-state index >= 15 is 0 Å². The van der Waals surface area contributed by atoms with Gasteiger partial charge in [-0.1, -0.05) is 12.1 Å². The van der Waals surface area contributed by atoms with Crippen molar-refractivity contribution in [1.29, 1.82) is 0 Å². The molecule has 0 saturated heterocycles. The molecule has 1 aromatic heterocycles. The fourth-order valence-corrected chi connectivity index (χ4v) is 1.86. The van der Waals surface area contributed by atoms with Gasteiger partial charge in [-0.25, -0.2) is 4.99 Å². The molecule has 0 atom stereocenters. The van der Waals surface area contributed by atoms with Gasteiger partial charge in [0.25, 0.3) is 0 Å². The number of rotatable bonds is 2. The molecule has 0 unspecified atom stereocenters. The first kappa shape index (κ1) is 9.89. The summed E-state index contributed by atoms with van der Waals surface area (Å²) in [7, 11) is 0. The Labute approximate surface area is 98.3 Å². The fourth-order valence-electron chi connectivity index (χ4n) is 1.86. The van der Waals surface area contributed by atoms with E-state index in [-0.39, 0.29) is 0 Å². The SMILES string of the molecule is Nc1[nH]ncc1-c1cccc(C2=NCCO2)c1. The number of H-pyrrole nitrogens is 1. The summed E-state index contributed by atoms with van der Waals surface area (Å²) in [5.41, 5.74) is 8.67. The van der Waals surface area contributed by atoms with Gasteiger partial charge in [0.15, 0.2) is 0 Å². The van der Waals surface area contributed by atoms with E-state index in [9.17, 15) is 0 Å². The number of aliphatic imine (C=N–C) groups is 1. The maximum atomic E-state index is 5.80. The quantitative estimate of drug-likeness (QED) is 0.816. The van der Waals surface area contributed by atoms with Crippen molar-refractivity contribution in [3.8, 4) is 11.1 Å². The van der Waals surface area contributed by atoms with Crippen LogP contribution in [0.1, 0.15) is 5.56 Å². The Morgan fingerprint density at radius 1 is 1.29 bits per heavy atom. The molecule has 0 spiro atoms. The summed E-state index contributed by atoms with van der Waals surface area (Å²) in [6, 6.07) is 7.93. The summed E-state index contributed by atoms with van der Waals surface area (Å²) in [6.07, 6.45) is 1.71. The van der Waals surface area contributed by atoms with Crippen molar-refractivity contribution in [2.45, 2.75) is 0 Å². The van der Waals surface area contributed by atoms with Crippen molar-refractivity contribution in [1.82, 2.24) is 10.2 Å². The first-order chi connectivity index (χ1) is 8.34. The number of hydrogen-bond donors (Lipinski definition) is 2. The molecule has 5 heteroatoms. The zero-order valence-electron chi connectivity index (χ0n) is 9.18. The molecule has 0 bridgehead atoms. The van der Waals surface area contributed by atoms with Gasteiger partial charge in [-0.05, 0) is 17.7 Å². The molecule has 0 fully saturated rings. The second-order valence-electron chi connectivity index (χ2n) is 3.81. The lowest BCUT2D eigenvalue weighted by molar-refractivity contribution is 0.348. The van der Waals surface area contributed by atoms with Crippen LogP contribution in [0.2, 0.25) is 0 Å². The number of hydrogen-bond acceptors (Lipinski definition) is 4. The van der Waals surface area contributed by atoms with Crippen LogP contribution in [0.5, 0.6) is 0 Å².